The molecular formula is C46H42Cl4N8O6. The number of carbonyl (C=O) groups excluding carboxylic acids is 6. The summed E-state index contributed by atoms with van der Waals surface area (Å²) < 4.78 is 0. The highest BCUT2D eigenvalue weighted by Gasteiger charge is 2.27. The number of Topliss-reactive ketones (excluding diaryl/α,β-unsaturated/α-hetero) is 2. The zero-order valence-electron chi connectivity index (χ0n) is 35.0. The average molecular weight is 945 g/mol. The molecule has 4 amide bonds. The van der Waals surface area contributed by atoms with Gasteiger partial charge in [-0.05, 0) is 136 Å². The smallest absolute Gasteiger partial charge is 0.258 e. The zero-order valence-corrected chi connectivity index (χ0v) is 38.0. The minimum Gasteiger partial charge on any atom is -0.324 e. The minimum absolute atomic E-state index is 0.0556. The van der Waals surface area contributed by atoms with Crippen molar-refractivity contribution in [3.05, 3.63) is 140 Å². The van der Waals surface area contributed by atoms with Gasteiger partial charge < -0.3 is 21.3 Å². The summed E-state index contributed by atoms with van der Waals surface area (Å²) in [6.45, 7) is 5.72. The summed E-state index contributed by atoms with van der Waals surface area (Å²) in [4.78, 5) is 78.3. The number of rotatable bonds is 18. The van der Waals surface area contributed by atoms with Crippen molar-refractivity contribution >= 4 is 116 Å². The van der Waals surface area contributed by atoms with Crippen LogP contribution in [0, 0.1) is 13.8 Å². The van der Waals surface area contributed by atoms with Crippen LogP contribution in [0.2, 0.25) is 10.0 Å². The van der Waals surface area contributed by atoms with E-state index >= 15 is 0 Å². The van der Waals surface area contributed by atoms with Crippen LogP contribution >= 0.6 is 46.4 Å². The Morgan fingerprint density at radius 1 is 0.531 bits per heavy atom. The van der Waals surface area contributed by atoms with Crippen LogP contribution in [-0.4, -0.2) is 59.0 Å². The molecule has 0 aliphatic rings. The monoisotopic (exact) mass is 942 g/mol. The Hall–Kier alpha value is -6.32. The lowest BCUT2D eigenvalue weighted by Gasteiger charge is -2.17. The second kappa shape index (κ2) is 22.9. The summed E-state index contributed by atoms with van der Waals surface area (Å²) in [7, 11) is 0. The van der Waals surface area contributed by atoms with Gasteiger partial charge in [-0.25, -0.2) is 0 Å². The standard InChI is InChI=1S/C46H42Cl4N8O6/c1-25-26(2)38(54-46(64)42(28(4)60)58-56-40-24-32(12-14-36(40)50)44(62)52-34-10-6-8-30(22-34)18-20-48)16-15-37(25)53-45(63)41(27(3)59)57-55-39-23-31(11-13-35(39)49)43(61)51-33-9-5-7-29(21-33)17-19-47/h5-16,21-24,41-42H,17-20H2,1-4H3,(H,51,61)(H,52,62)(H,53,63)(H,54,64). The van der Waals surface area contributed by atoms with Crippen LogP contribution in [0.1, 0.15) is 56.8 Å². The van der Waals surface area contributed by atoms with Crippen molar-refractivity contribution < 1.29 is 28.8 Å². The van der Waals surface area contributed by atoms with Gasteiger partial charge in [0.2, 0.25) is 12.1 Å². The van der Waals surface area contributed by atoms with Gasteiger partial charge in [-0.3, -0.25) is 28.8 Å². The summed E-state index contributed by atoms with van der Waals surface area (Å²) in [5, 5.41) is 27.4. The normalized spacial score (nSPS) is 12.1. The summed E-state index contributed by atoms with van der Waals surface area (Å²) >= 11 is 24.4. The summed E-state index contributed by atoms with van der Waals surface area (Å²) in [5.74, 6) is -2.87. The van der Waals surface area contributed by atoms with Crippen LogP contribution < -0.4 is 21.3 Å². The highest BCUT2D eigenvalue weighted by Crippen LogP contribution is 2.30. The fraction of sp³-hybridized carbons (Fsp3) is 0.217. The number of benzene rings is 5. The van der Waals surface area contributed by atoms with E-state index in [4.69, 9.17) is 46.4 Å². The molecule has 0 fully saturated rings. The maximum absolute atomic E-state index is 13.4. The lowest BCUT2D eigenvalue weighted by molar-refractivity contribution is -0.127. The Labute approximate surface area is 389 Å². The molecule has 14 nitrogen and oxygen atoms in total. The molecule has 4 N–H and O–H groups in total. The van der Waals surface area contributed by atoms with Gasteiger partial charge in [0.1, 0.15) is 11.4 Å². The summed E-state index contributed by atoms with van der Waals surface area (Å²) in [6.07, 6.45) is 1.27. The van der Waals surface area contributed by atoms with Crippen molar-refractivity contribution in [1.82, 2.24) is 0 Å². The second-order valence-corrected chi connectivity index (χ2v) is 15.9. The molecule has 2 unspecified atom stereocenters. The zero-order chi connectivity index (χ0) is 46.5. The summed E-state index contributed by atoms with van der Waals surface area (Å²) in [6, 6.07) is 23.0. The first kappa shape index (κ1) is 48.7. The van der Waals surface area contributed by atoms with Crippen molar-refractivity contribution in [2.75, 3.05) is 33.0 Å². The average Bonchev–Trinajstić information content (AvgIpc) is 3.25. The Kier molecular flexibility index (Phi) is 17.4. The third-order valence-corrected chi connectivity index (χ3v) is 10.7. The van der Waals surface area contributed by atoms with Gasteiger partial charge >= 0.3 is 0 Å². The molecule has 2 atom stereocenters. The fourth-order valence-electron chi connectivity index (χ4n) is 6.07. The van der Waals surface area contributed by atoms with Crippen LogP contribution in [-0.2, 0) is 32.0 Å². The van der Waals surface area contributed by atoms with Crippen molar-refractivity contribution in [3.63, 3.8) is 0 Å². The van der Waals surface area contributed by atoms with Crippen molar-refractivity contribution in [2.24, 2.45) is 20.5 Å². The molecule has 0 aromatic heterocycles. The number of carbonyl (C=O) groups is 6. The van der Waals surface area contributed by atoms with E-state index in [0.29, 0.717) is 58.5 Å². The molecule has 0 saturated carbocycles. The molecule has 330 valence electrons. The topological polar surface area (TPSA) is 200 Å². The molecule has 5 rings (SSSR count). The van der Waals surface area contributed by atoms with E-state index < -0.39 is 47.3 Å². The first-order chi connectivity index (χ1) is 30.6. The summed E-state index contributed by atoms with van der Waals surface area (Å²) in [5.41, 5.74) is 5.22. The van der Waals surface area contributed by atoms with Crippen LogP contribution in [0.25, 0.3) is 0 Å². The Balaban J connectivity index is 1.25. The highest BCUT2D eigenvalue weighted by molar-refractivity contribution is 6.33. The molecule has 0 bridgehead atoms. The Bertz CT molecular complexity index is 2490. The lowest BCUT2D eigenvalue weighted by Crippen LogP contribution is -2.33. The van der Waals surface area contributed by atoms with Gasteiger partial charge in [0, 0.05) is 45.6 Å². The van der Waals surface area contributed by atoms with E-state index in [-0.39, 0.29) is 32.5 Å². The van der Waals surface area contributed by atoms with E-state index in [9.17, 15) is 28.8 Å². The molecule has 0 radical (unpaired) electrons. The number of halogens is 4. The number of nitrogens with one attached hydrogen (secondary N) is 4. The Morgan fingerprint density at radius 3 is 1.28 bits per heavy atom. The fourth-order valence-corrected chi connectivity index (χ4v) is 6.81. The third kappa shape index (κ3) is 13.1. The van der Waals surface area contributed by atoms with Gasteiger partial charge in [-0.15, -0.1) is 23.2 Å². The van der Waals surface area contributed by atoms with Gasteiger partial charge in [0.25, 0.3) is 23.6 Å². The number of nitrogens with zero attached hydrogens (tertiary/aromatic N) is 4. The number of hydrogen-bond donors (Lipinski definition) is 4. The van der Waals surface area contributed by atoms with E-state index in [0.717, 1.165) is 11.1 Å². The first-order valence-electron chi connectivity index (χ1n) is 19.6. The molecule has 0 aliphatic heterocycles. The quantitative estimate of drug-likeness (QED) is 0.0382. The molecular weight excluding hydrogens is 902 g/mol. The van der Waals surface area contributed by atoms with E-state index in [1.165, 1.54) is 62.4 Å². The van der Waals surface area contributed by atoms with Crippen LogP contribution in [0.5, 0.6) is 0 Å². The minimum atomic E-state index is -1.58. The SMILES string of the molecule is CC(=O)C(N=Nc1cc(C(=O)Nc2cccc(CCCl)c2)ccc1Cl)C(=O)Nc1ccc(NC(=O)C(N=Nc2cc(C(=O)Nc3cccc(CCCl)c3)ccc2Cl)C(C)=O)c(C)c1C. The van der Waals surface area contributed by atoms with E-state index in [1.807, 2.05) is 24.3 Å². The Morgan fingerprint density at radius 2 is 0.922 bits per heavy atom. The number of anilines is 4. The number of hydrogen-bond acceptors (Lipinski definition) is 10. The molecule has 0 aliphatic carbocycles. The van der Waals surface area contributed by atoms with Crippen molar-refractivity contribution in [1.29, 1.82) is 0 Å². The van der Waals surface area contributed by atoms with Crippen LogP contribution in [0.4, 0.5) is 34.1 Å². The lowest BCUT2D eigenvalue weighted by atomic mass is 10.0. The molecule has 5 aromatic rings. The number of azo groups is 2. The highest BCUT2D eigenvalue weighted by atomic mass is 35.5. The maximum atomic E-state index is 13.4. The molecule has 5 aromatic carbocycles. The molecule has 0 heterocycles. The third-order valence-electron chi connectivity index (χ3n) is 9.68. The first-order valence-corrected chi connectivity index (χ1v) is 21.5. The van der Waals surface area contributed by atoms with Crippen molar-refractivity contribution in [2.45, 2.75) is 52.6 Å². The van der Waals surface area contributed by atoms with Gasteiger partial charge in [0.05, 0.1) is 10.0 Å². The molecule has 18 heteroatoms. The molecule has 0 spiro atoms. The predicted molar refractivity (Wildman–Crippen MR) is 252 cm³/mol. The molecule has 0 saturated heterocycles. The number of alkyl halides is 2. The number of ketones is 2. The second-order valence-electron chi connectivity index (χ2n) is 14.4. The van der Waals surface area contributed by atoms with Gasteiger partial charge in [-0.1, -0.05) is 47.5 Å². The van der Waals surface area contributed by atoms with Gasteiger partial charge in [-0.2, -0.15) is 20.5 Å². The number of aryl methyl sites for hydroxylation is 2. The van der Waals surface area contributed by atoms with Crippen LogP contribution in [0.3, 0.4) is 0 Å². The predicted octanol–water partition coefficient (Wildman–Crippen LogP) is 11.0. The molecule has 64 heavy (non-hydrogen) atoms. The van der Waals surface area contributed by atoms with E-state index in [2.05, 4.69) is 41.7 Å². The van der Waals surface area contributed by atoms with Crippen molar-refractivity contribution in [3.8, 4) is 0 Å². The number of amides is 4. The van der Waals surface area contributed by atoms with Crippen LogP contribution in [0.15, 0.2) is 118 Å². The van der Waals surface area contributed by atoms with E-state index in [1.54, 1.807) is 38.1 Å². The van der Waals surface area contributed by atoms with Gasteiger partial charge in [0.15, 0.2) is 11.6 Å². The largest absolute Gasteiger partial charge is 0.324 e. The maximum Gasteiger partial charge on any atom is 0.258 e.